The van der Waals surface area contributed by atoms with Crippen molar-refractivity contribution >= 4 is 34.2 Å². The predicted octanol–water partition coefficient (Wildman–Crippen LogP) is 4.68. The lowest BCUT2D eigenvalue weighted by molar-refractivity contribution is -0.116. The minimum absolute atomic E-state index is 0.147. The maximum atomic E-state index is 12.7. The highest BCUT2D eigenvalue weighted by molar-refractivity contribution is 6.31. The van der Waals surface area contributed by atoms with Gasteiger partial charge in [0.15, 0.2) is 0 Å². The molecular weight excluding hydrogens is 350 g/mol. The van der Waals surface area contributed by atoms with E-state index in [0.717, 1.165) is 36.1 Å². The number of nitrogens with one attached hydrogen (secondary N) is 1. The SMILES string of the molecule is CCCCc1nc2ccccc2n1CC(=O)Nc1cc(Cl)ccc1OC. The van der Waals surface area contributed by atoms with Gasteiger partial charge in [0.1, 0.15) is 18.1 Å². The predicted molar refractivity (Wildman–Crippen MR) is 105 cm³/mol. The third kappa shape index (κ3) is 3.99. The third-order valence-corrected chi connectivity index (χ3v) is 4.46. The van der Waals surface area contributed by atoms with E-state index in [9.17, 15) is 4.79 Å². The number of aryl methyl sites for hydroxylation is 1. The average molecular weight is 372 g/mol. The number of methoxy groups -OCH3 is 1. The molecule has 0 fully saturated rings. The number of hydrogen-bond acceptors (Lipinski definition) is 3. The molecule has 0 aliphatic carbocycles. The minimum Gasteiger partial charge on any atom is -0.495 e. The fraction of sp³-hybridized carbons (Fsp3) is 0.300. The number of aromatic nitrogens is 2. The van der Waals surface area contributed by atoms with Gasteiger partial charge in [0, 0.05) is 11.4 Å². The Balaban J connectivity index is 1.86. The van der Waals surface area contributed by atoms with Crippen molar-refractivity contribution in [2.75, 3.05) is 12.4 Å². The van der Waals surface area contributed by atoms with E-state index in [1.807, 2.05) is 28.8 Å². The lowest BCUT2D eigenvalue weighted by Crippen LogP contribution is -2.20. The van der Waals surface area contributed by atoms with Crippen LogP contribution in [0, 0.1) is 0 Å². The zero-order valence-corrected chi connectivity index (χ0v) is 15.7. The first kappa shape index (κ1) is 18.3. The summed E-state index contributed by atoms with van der Waals surface area (Å²) in [5, 5.41) is 3.43. The lowest BCUT2D eigenvalue weighted by Gasteiger charge is -2.12. The van der Waals surface area contributed by atoms with Gasteiger partial charge in [-0.25, -0.2) is 4.98 Å². The van der Waals surface area contributed by atoms with Crippen LogP contribution < -0.4 is 10.1 Å². The Morgan fingerprint density at radius 1 is 1.27 bits per heavy atom. The van der Waals surface area contributed by atoms with Crippen molar-refractivity contribution in [2.24, 2.45) is 0 Å². The molecule has 0 atom stereocenters. The summed E-state index contributed by atoms with van der Waals surface area (Å²) in [7, 11) is 1.56. The number of nitrogens with zero attached hydrogens (tertiary/aromatic N) is 2. The molecule has 0 radical (unpaired) electrons. The van der Waals surface area contributed by atoms with Crippen LogP contribution in [0.2, 0.25) is 5.02 Å². The number of para-hydroxylation sites is 2. The van der Waals surface area contributed by atoms with Crippen molar-refractivity contribution in [2.45, 2.75) is 32.7 Å². The van der Waals surface area contributed by atoms with Crippen LogP contribution in [0.25, 0.3) is 11.0 Å². The van der Waals surface area contributed by atoms with Gasteiger partial charge in [-0.15, -0.1) is 0 Å². The Labute approximate surface area is 157 Å². The van der Waals surface area contributed by atoms with Gasteiger partial charge < -0.3 is 14.6 Å². The van der Waals surface area contributed by atoms with E-state index in [1.54, 1.807) is 25.3 Å². The minimum atomic E-state index is -0.147. The van der Waals surface area contributed by atoms with Gasteiger partial charge in [0.25, 0.3) is 0 Å². The molecule has 0 bridgehead atoms. The van der Waals surface area contributed by atoms with Crippen molar-refractivity contribution in [1.82, 2.24) is 9.55 Å². The molecule has 0 spiro atoms. The highest BCUT2D eigenvalue weighted by Gasteiger charge is 2.15. The summed E-state index contributed by atoms with van der Waals surface area (Å²) in [6.07, 6.45) is 2.96. The van der Waals surface area contributed by atoms with Crippen molar-refractivity contribution in [3.8, 4) is 5.75 Å². The molecule has 0 aliphatic rings. The van der Waals surface area contributed by atoms with Crippen molar-refractivity contribution in [3.05, 3.63) is 53.3 Å². The second-order valence-corrected chi connectivity index (χ2v) is 6.54. The first-order valence-electron chi connectivity index (χ1n) is 8.70. The van der Waals surface area contributed by atoms with Crippen LogP contribution in [0.1, 0.15) is 25.6 Å². The Kier molecular flexibility index (Phi) is 5.78. The second kappa shape index (κ2) is 8.23. The fourth-order valence-corrected chi connectivity index (χ4v) is 3.11. The van der Waals surface area contributed by atoms with Crippen LogP contribution >= 0.6 is 11.6 Å². The smallest absolute Gasteiger partial charge is 0.244 e. The van der Waals surface area contributed by atoms with Crippen LogP contribution in [0.15, 0.2) is 42.5 Å². The number of ether oxygens (including phenoxy) is 1. The Morgan fingerprint density at radius 2 is 2.08 bits per heavy atom. The van der Waals surface area contributed by atoms with E-state index in [1.165, 1.54) is 0 Å². The summed E-state index contributed by atoms with van der Waals surface area (Å²) >= 11 is 6.04. The van der Waals surface area contributed by atoms with E-state index in [4.69, 9.17) is 21.3 Å². The van der Waals surface area contributed by atoms with Gasteiger partial charge in [-0.3, -0.25) is 4.79 Å². The summed E-state index contributed by atoms with van der Waals surface area (Å²) in [5.41, 5.74) is 2.43. The number of anilines is 1. The number of imidazole rings is 1. The van der Waals surface area contributed by atoms with Crippen molar-refractivity contribution in [1.29, 1.82) is 0 Å². The number of halogens is 1. The van der Waals surface area contributed by atoms with Crippen molar-refractivity contribution < 1.29 is 9.53 Å². The standard InChI is InChI=1S/C20H22ClN3O2/c1-3-4-9-19-22-15-7-5-6-8-17(15)24(19)13-20(25)23-16-12-14(21)10-11-18(16)26-2/h5-8,10-12H,3-4,9,13H2,1-2H3,(H,23,25). The first-order valence-corrected chi connectivity index (χ1v) is 9.07. The number of benzene rings is 2. The number of hydrogen-bond donors (Lipinski definition) is 1. The summed E-state index contributed by atoms with van der Waals surface area (Å²) < 4.78 is 7.27. The van der Waals surface area contributed by atoms with Crippen LogP contribution in [-0.4, -0.2) is 22.6 Å². The molecule has 0 saturated heterocycles. The summed E-state index contributed by atoms with van der Waals surface area (Å²) in [6, 6.07) is 13.0. The molecule has 1 amide bonds. The van der Waals surface area contributed by atoms with Gasteiger partial charge in [0.2, 0.25) is 5.91 Å². The molecule has 0 unspecified atom stereocenters. The second-order valence-electron chi connectivity index (χ2n) is 6.10. The molecule has 1 aromatic heterocycles. The largest absolute Gasteiger partial charge is 0.495 e. The van der Waals surface area contributed by atoms with E-state index in [0.29, 0.717) is 16.5 Å². The highest BCUT2D eigenvalue weighted by atomic mass is 35.5. The number of carbonyl (C=O) groups is 1. The normalized spacial score (nSPS) is 10.9. The first-order chi connectivity index (χ1) is 12.6. The number of amides is 1. The molecule has 136 valence electrons. The van der Waals surface area contributed by atoms with E-state index < -0.39 is 0 Å². The van der Waals surface area contributed by atoms with E-state index in [2.05, 4.69) is 12.2 Å². The molecule has 1 heterocycles. The average Bonchev–Trinajstić information content (AvgIpc) is 2.97. The molecule has 1 N–H and O–H groups in total. The Hall–Kier alpha value is -2.53. The third-order valence-electron chi connectivity index (χ3n) is 4.22. The van der Waals surface area contributed by atoms with Gasteiger partial charge in [-0.2, -0.15) is 0 Å². The molecular formula is C20H22ClN3O2. The summed E-state index contributed by atoms with van der Waals surface area (Å²) in [4.78, 5) is 17.4. The summed E-state index contributed by atoms with van der Waals surface area (Å²) in [6.45, 7) is 2.33. The quantitative estimate of drug-likeness (QED) is 0.656. The molecule has 5 nitrogen and oxygen atoms in total. The van der Waals surface area contributed by atoms with Gasteiger partial charge in [-0.05, 0) is 36.8 Å². The van der Waals surface area contributed by atoms with Gasteiger partial charge in [0.05, 0.1) is 23.8 Å². The summed E-state index contributed by atoms with van der Waals surface area (Å²) in [5.74, 6) is 1.36. The van der Waals surface area contributed by atoms with Crippen LogP contribution in [0.3, 0.4) is 0 Å². The molecule has 6 heteroatoms. The van der Waals surface area contributed by atoms with Crippen molar-refractivity contribution in [3.63, 3.8) is 0 Å². The monoisotopic (exact) mass is 371 g/mol. The molecule has 0 aliphatic heterocycles. The van der Waals surface area contributed by atoms with E-state index in [-0.39, 0.29) is 12.5 Å². The number of carbonyl (C=O) groups excluding carboxylic acids is 1. The molecule has 3 rings (SSSR count). The maximum absolute atomic E-state index is 12.7. The number of fused-ring (bicyclic) bond motifs is 1. The fourth-order valence-electron chi connectivity index (χ4n) is 2.94. The maximum Gasteiger partial charge on any atom is 0.244 e. The van der Waals surface area contributed by atoms with Crippen LogP contribution in [0.5, 0.6) is 5.75 Å². The number of rotatable bonds is 7. The Morgan fingerprint density at radius 3 is 2.85 bits per heavy atom. The molecule has 2 aromatic carbocycles. The zero-order chi connectivity index (χ0) is 18.5. The number of unbranched alkanes of at least 4 members (excludes halogenated alkanes) is 1. The van der Waals surface area contributed by atoms with E-state index >= 15 is 0 Å². The molecule has 3 aromatic rings. The highest BCUT2D eigenvalue weighted by Crippen LogP contribution is 2.28. The molecule has 0 saturated carbocycles. The van der Waals surface area contributed by atoms with Gasteiger partial charge >= 0.3 is 0 Å². The van der Waals surface area contributed by atoms with Gasteiger partial charge in [-0.1, -0.05) is 37.1 Å². The van der Waals surface area contributed by atoms with Crippen LogP contribution in [-0.2, 0) is 17.8 Å². The Bertz CT molecular complexity index is 921. The topological polar surface area (TPSA) is 56.2 Å². The molecule has 26 heavy (non-hydrogen) atoms. The zero-order valence-electron chi connectivity index (χ0n) is 15.0. The lowest BCUT2D eigenvalue weighted by atomic mass is 10.2. The van der Waals surface area contributed by atoms with Crippen LogP contribution in [0.4, 0.5) is 5.69 Å².